The summed E-state index contributed by atoms with van der Waals surface area (Å²) < 4.78 is 11.6. The van der Waals surface area contributed by atoms with E-state index in [0.717, 1.165) is 24.3 Å². The Morgan fingerprint density at radius 2 is 2.11 bits per heavy atom. The van der Waals surface area contributed by atoms with E-state index in [0.29, 0.717) is 35.6 Å². The van der Waals surface area contributed by atoms with Gasteiger partial charge in [-0.1, -0.05) is 30.0 Å². The van der Waals surface area contributed by atoms with Crippen LogP contribution in [0.2, 0.25) is 0 Å². The molecule has 138 valence electrons. The summed E-state index contributed by atoms with van der Waals surface area (Å²) in [6.07, 6.45) is 4.87. The predicted molar refractivity (Wildman–Crippen MR) is 99.3 cm³/mol. The zero-order chi connectivity index (χ0) is 18.5. The van der Waals surface area contributed by atoms with Crippen LogP contribution in [0.5, 0.6) is 11.5 Å². The average Bonchev–Trinajstić information content (AvgIpc) is 3.31. The van der Waals surface area contributed by atoms with Crippen LogP contribution in [0.3, 0.4) is 0 Å². The highest BCUT2D eigenvalue weighted by molar-refractivity contribution is 7.98. The van der Waals surface area contributed by atoms with Crippen molar-refractivity contribution < 1.29 is 13.9 Å². The molecule has 1 aliphatic rings. The minimum atomic E-state index is 0.142. The third-order valence-corrected chi connectivity index (χ3v) is 5.00. The van der Waals surface area contributed by atoms with Crippen molar-refractivity contribution in [2.45, 2.75) is 30.4 Å². The molecule has 4 rings (SSSR count). The molecule has 8 heteroatoms. The molecule has 1 aromatic carbocycles. The molecular weight excluding hydrogens is 364 g/mol. The molecule has 0 N–H and O–H groups in total. The van der Waals surface area contributed by atoms with Gasteiger partial charge >= 0.3 is 0 Å². The van der Waals surface area contributed by atoms with Crippen molar-refractivity contribution in [2.75, 3.05) is 6.54 Å². The highest BCUT2D eigenvalue weighted by atomic mass is 32.2. The molecule has 3 aromatic rings. The Hall–Kier alpha value is -2.87. The Morgan fingerprint density at radius 1 is 1.19 bits per heavy atom. The number of rotatable bonds is 7. The summed E-state index contributed by atoms with van der Waals surface area (Å²) in [6, 6.07) is 11.5. The number of carbonyl (C=O) groups is 1. The number of nitrogens with zero attached hydrogens (tertiary/aromatic N) is 4. The van der Waals surface area contributed by atoms with E-state index in [1.807, 2.05) is 36.4 Å². The van der Waals surface area contributed by atoms with Gasteiger partial charge in [0.1, 0.15) is 11.5 Å². The molecule has 0 bridgehead atoms. The number of carbonyl (C=O) groups excluding carboxylic acids is 1. The van der Waals surface area contributed by atoms with Crippen molar-refractivity contribution in [1.29, 1.82) is 0 Å². The van der Waals surface area contributed by atoms with Gasteiger partial charge in [0.05, 0.1) is 12.7 Å². The van der Waals surface area contributed by atoms with Crippen LogP contribution in [-0.2, 0) is 17.1 Å². The van der Waals surface area contributed by atoms with Crippen molar-refractivity contribution in [3.8, 4) is 11.5 Å². The molecule has 0 unspecified atom stereocenters. The van der Waals surface area contributed by atoms with Crippen molar-refractivity contribution in [2.24, 2.45) is 0 Å². The molecule has 0 radical (unpaired) electrons. The molecule has 7 nitrogen and oxygen atoms in total. The maximum Gasteiger partial charge on any atom is 0.276 e. The third kappa shape index (κ3) is 4.46. The molecule has 1 fully saturated rings. The number of pyridine rings is 1. The Morgan fingerprint density at radius 3 is 2.93 bits per heavy atom. The van der Waals surface area contributed by atoms with E-state index in [4.69, 9.17) is 9.15 Å². The normalized spacial score (nSPS) is 13.9. The fraction of sp³-hybridized carbons (Fsp3) is 0.263. The lowest BCUT2D eigenvalue weighted by atomic mass is 10.2. The summed E-state index contributed by atoms with van der Waals surface area (Å²) in [6.45, 7) is 1.13. The van der Waals surface area contributed by atoms with Gasteiger partial charge in [0.2, 0.25) is 11.8 Å². The van der Waals surface area contributed by atoms with E-state index in [2.05, 4.69) is 15.2 Å². The lowest BCUT2D eigenvalue weighted by molar-refractivity contribution is -0.128. The van der Waals surface area contributed by atoms with E-state index in [9.17, 15) is 4.79 Å². The van der Waals surface area contributed by atoms with Crippen molar-refractivity contribution in [1.82, 2.24) is 20.1 Å². The second-order valence-corrected chi connectivity index (χ2v) is 6.99. The molecule has 2 aromatic heterocycles. The lowest BCUT2D eigenvalue weighted by Gasteiger charge is -2.11. The number of benzene rings is 1. The van der Waals surface area contributed by atoms with Crippen LogP contribution in [-0.4, -0.2) is 32.5 Å². The monoisotopic (exact) mass is 382 g/mol. The van der Waals surface area contributed by atoms with Gasteiger partial charge in [-0.15, -0.1) is 10.2 Å². The number of hydrogen-bond acceptors (Lipinski definition) is 7. The Balaban J connectivity index is 1.38. The molecule has 0 saturated carbocycles. The second-order valence-electron chi connectivity index (χ2n) is 6.07. The number of para-hydroxylation sites is 1. The zero-order valence-corrected chi connectivity index (χ0v) is 15.4. The average molecular weight is 382 g/mol. The summed E-state index contributed by atoms with van der Waals surface area (Å²) >= 11 is 1.44. The Labute approximate surface area is 160 Å². The van der Waals surface area contributed by atoms with E-state index >= 15 is 0 Å². The van der Waals surface area contributed by atoms with E-state index in [-0.39, 0.29) is 5.91 Å². The molecular formula is C19H18N4O3S. The number of hydrogen-bond donors (Lipinski definition) is 0. The molecule has 1 saturated heterocycles. The fourth-order valence-corrected chi connectivity index (χ4v) is 3.56. The predicted octanol–water partition coefficient (Wildman–Crippen LogP) is 3.67. The molecule has 1 aliphatic heterocycles. The van der Waals surface area contributed by atoms with Gasteiger partial charge in [0, 0.05) is 30.5 Å². The first-order valence-corrected chi connectivity index (χ1v) is 9.65. The SMILES string of the molecule is O=C1CCCN1Cc1nnc(SCc2ccccc2Oc2cccnc2)o1. The van der Waals surface area contributed by atoms with Crippen molar-refractivity contribution in [3.05, 3.63) is 60.2 Å². The molecule has 0 atom stereocenters. The molecule has 3 heterocycles. The molecule has 0 aliphatic carbocycles. The number of aromatic nitrogens is 3. The van der Waals surface area contributed by atoms with E-state index < -0.39 is 0 Å². The number of likely N-dealkylation sites (tertiary alicyclic amines) is 1. The van der Waals surface area contributed by atoms with Crippen LogP contribution in [0.25, 0.3) is 0 Å². The van der Waals surface area contributed by atoms with Crippen LogP contribution in [0, 0.1) is 0 Å². The smallest absolute Gasteiger partial charge is 0.276 e. The van der Waals surface area contributed by atoms with Crippen LogP contribution >= 0.6 is 11.8 Å². The minimum Gasteiger partial charge on any atom is -0.455 e. The fourth-order valence-electron chi connectivity index (χ4n) is 2.79. The summed E-state index contributed by atoms with van der Waals surface area (Å²) in [5.74, 6) is 2.68. The van der Waals surface area contributed by atoms with Gasteiger partial charge < -0.3 is 14.1 Å². The maximum atomic E-state index is 11.7. The summed E-state index contributed by atoms with van der Waals surface area (Å²) in [7, 11) is 0. The number of thioether (sulfide) groups is 1. The van der Waals surface area contributed by atoms with Crippen LogP contribution in [0.15, 0.2) is 58.4 Å². The molecule has 27 heavy (non-hydrogen) atoms. The first-order valence-electron chi connectivity index (χ1n) is 8.67. The second kappa shape index (κ2) is 8.22. The zero-order valence-electron chi connectivity index (χ0n) is 14.6. The summed E-state index contributed by atoms with van der Waals surface area (Å²) in [5, 5.41) is 8.59. The van der Waals surface area contributed by atoms with Crippen LogP contribution in [0.4, 0.5) is 0 Å². The quantitative estimate of drug-likeness (QED) is 0.577. The third-order valence-electron chi connectivity index (χ3n) is 4.13. The number of amides is 1. The van der Waals surface area contributed by atoms with Crippen molar-refractivity contribution >= 4 is 17.7 Å². The van der Waals surface area contributed by atoms with E-state index in [1.54, 1.807) is 17.3 Å². The lowest BCUT2D eigenvalue weighted by Crippen LogP contribution is -2.23. The van der Waals surface area contributed by atoms with Crippen molar-refractivity contribution in [3.63, 3.8) is 0 Å². The first kappa shape index (κ1) is 17.5. The maximum absolute atomic E-state index is 11.7. The Kier molecular flexibility index (Phi) is 5.34. The van der Waals surface area contributed by atoms with Gasteiger partial charge in [-0.2, -0.15) is 0 Å². The van der Waals surface area contributed by atoms with Gasteiger partial charge in [-0.05, 0) is 24.6 Å². The minimum absolute atomic E-state index is 0.142. The molecule has 0 spiro atoms. The van der Waals surface area contributed by atoms with Crippen LogP contribution < -0.4 is 4.74 Å². The van der Waals surface area contributed by atoms with E-state index in [1.165, 1.54) is 11.8 Å². The first-order chi connectivity index (χ1) is 13.3. The summed E-state index contributed by atoms with van der Waals surface area (Å²) in [5.41, 5.74) is 1.01. The molecule has 1 amide bonds. The highest BCUT2D eigenvalue weighted by Gasteiger charge is 2.22. The van der Waals surface area contributed by atoms with Crippen LogP contribution in [0.1, 0.15) is 24.3 Å². The topological polar surface area (TPSA) is 81.4 Å². The van der Waals surface area contributed by atoms with Gasteiger partial charge in [-0.25, -0.2) is 0 Å². The van der Waals surface area contributed by atoms with Gasteiger partial charge in [0.15, 0.2) is 0 Å². The summed E-state index contributed by atoms with van der Waals surface area (Å²) in [4.78, 5) is 17.5. The van der Waals surface area contributed by atoms with Gasteiger partial charge in [-0.3, -0.25) is 9.78 Å². The van der Waals surface area contributed by atoms with Gasteiger partial charge in [0.25, 0.3) is 5.22 Å². The number of ether oxygens (including phenoxy) is 1. The highest BCUT2D eigenvalue weighted by Crippen LogP contribution is 2.30. The largest absolute Gasteiger partial charge is 0.455 e. The standard InChI is InChI=1S/C19H18N4O3S/c24-18-8-4-10-23(18)12-17-21-22-19(26-17)27-13-14-5-1-2-7-16(14)25-15-6-3-9-20-11-15/h1-3,5-7,9,11H,4,8,10,12-13H2. The Bertz CT molecular complexity index is 916.